The number of anilines is 1. The summed E-state index contributed by atoms with van der Waals surface area (Å²) in [5.41, 5.74) is 3.65. The molecule has 0 aliphatic heterocycles. The van der Waals surface area contributed by atoms with Crippen molar-refractivity contribution >= 4 is 33.0 Å². The second kappa shape index (κ2) is 5.63. The van der Waals surface area contributed by atoms with Crippen LogP contribution in [-0.4, -0.2) is 4.98 Å². The first-order valence-corrected chi connectivity index (χ1v) is 7.98. The Morgan fingerprint density at radius 2 is 2.05 bits per heavy atom. The average molecular weight is 339 g/mol. The molecule has 1 aromatic carbocycles. The number of hydrogen-bond donors (Lipinski definition) is 1. The van der Waals surface area contributed by atoms with Crippen molar-refractivity contribution in [1.82, 2.24) is 4.98 Å². The second-order valence-corrected chi connectivity index (χ2v) is 7.51. The van der Waals surface area contributed by atoms with Gasteiger partial charge in [0.2, 0.25) is 0 Å². The van der Waals surface area contributed by atoms with Crippen molar-refractivity contribution in [2.24, 2.45) is 0 Å². The van der Waals surface area contributed by atoms with Crippen LogP contribution in [0.2, 0.25) is 0 Å². The zero-order chi connectivity index (χ0) is 14.0. The Morgan fingerprint density at radius 1 is 1.32 bits per heavy atom. The molecule has 19 heavy (non-hydrogen) atoms. The van der Waals surface area contributed by atoms with Gasteiger partial charge in [0, 0.05) is 21.0 Å². The average Bonchev–Trinajstić information content (AvgIpc) is 2.76. The van der Waals surface area contributed by atoms with Gasteiger partial charge in [-0.3, -0.25) is 0 Å². The fourth-order valence-electron chi connectivity index (χ4n) is 1.67. The third-order valence-electron chi connectivity index (χ3n) is 2.87. The van der Waals surface area contributed by atoms with Gasteiger partial charge in [-0.25, -0.2) is 4.98 Å². The maximum Gasteiger partial charge on any atom is 0.112 e. The fraction of sp³-hybridized carbons (Fsp3) is 0.400. The van der Waals surface area contributed by atoms with Gasteiger partial charge in [0.1, 0.15) is 5.01 Å². The van der Waals surface area contributed by atoms with Gasteiger partial charge < -0.3 is 5.32 Å². The minimum absolute atomic E-state index is 0.124. The standard InChI is InChI=1S/C15H19BrN2S/c1-10-5-6-12(11(16)7-10)17-8-14-18-13(9-19-14)15(2,3)4/h5-7,9,17H,8H2,1-4H3. The number of benzene rings is 1. The largest absolute Gasteiger partial charge is 0.378 e. The molecular formula is C15H19BrN2S. The van der Waals surface area contributed by atoms with E-state index in [0.717, 1.165) is 27.4 Å². The summed E-state index contributed by atoms with van der Waals surface area (Å²) in [4.78, 5) is 4.68. The van der Waals surface area contributed by atoms with Crippen molar-refractivity contribution in [2.45, 2.75) is 39.7 Å². The van der Waals surface area contributed by atoms with E-state index in [2.05, 4.69) is 77.5 Å². The van der Waals surface area contributed by atoms with Crippen LogP contribution in [-0.2, 0) is 12.0 Å². The van der Waals surface area contributed by atoms with E-state index in [1.165, 1.54) is 5.56 Å². The number of rotatable bonds is 3. The first-order valence-electron chi connectivity index (χ1n) is 6.31. The van der Waals surface area contributed by atoms with Crippen LogP contribution in [0.15, 0.2) is 28.1 Å². The minimum Gasteiger partial charge on any atom is -0.378 e. The van der Waals surface area contributed by atoms with Crippen LogP contribution in [0.1, 0.15) is 37.0 Å². The Morgan fingerprint density at radius 3 is 2.63 bits per heavy atom. The Hall–Kier alpha value is -0.870. The van der Waals surface area contributed by atoms with Crippen molar-refractivity contribution < 1.29 is 0 Å². The summed E-state index contributed by atoms with van der Waals surface area (Å²) in [5.74, 6) is 0. The molecule has 2 aromatic rings. The van der Waals surface area contributed by atoms with Crippen molar-refractivity contribution in [1.29, 1.82) is 0 Å². The monoisotopic (exact) mass is 338 g/mol. The van der Waals surface area contributed by atoms with E-state index >= 15 is 0 Å². The van der Waals surface area contributed by atoms with Crippen molar-refractivity contribution in [3.8, 4) is 0 Å². The van der Waals surface area contributed by atoms with Gasteiger partial charge >= 0.3 is 0 Å². The van der Waals surface area contributed by atoms with Crippen LogP contribution in [0, 0.1) is 6.92 Å². The highest BCUT2D eigenvalue weighted by atomic mass is 79.9. The second-order valence-electron chi connectivity index (χ2n) is 5.71. The summed E-state index contributed by atoms with van der Waals surface area (Å²) in [6.45, 7) is 9.43. The van der Waals surface area contributed by atoms with Crippen LogP contribution in [0.5, 0.6) is 0 Å². The minimum atomic E-state index is 0.124. The molecule has 0 radical (unpaired) electrons. The first-order chi connectivity index (χ1) is 8.86. The van der Waals surface area contributed by atoms with Gasteiger partial charge in [-0.15, -0.1) is 11.3 Å². The molecule has 0 bridgehead atoms. The number of halogens is 1. The van der Waals surface area contributed by atoms with E-state index in [-0.39, 0.29) is 5.41 Å². The van der Waals surface area contributed by atoms with Crippen molar-refractivity contribution in [2.75, 3.05) is 5.32 Å². The maximum absolute atomic E-state index is 4.68. The van der Waals surface area contributed by atoms with Crippen LogP contribution in [0.3, 0.4) is 0 Å². The van der Waals surface area contributed by atoms with E-state index < -0.39 is 0 Å². The van der Waals surface area contributed by atoms with Gasteiger partial charge in [-0.2, -0.15) is 0 Å². The molecule has 102 valence electrons. The Bertz CT molecular complexity index is 570. The fourth-order valence-corrected chi connectivity index (χ4v) is 3.26. The lowest BCUT2D eigenvalue weighted by atomic mass is 9.93. The predicted molar refractivity (Wildman–Crippen MR) is 87.0 cm³/mol. The Kier molecular flexibility index (Phi) is 4.31. The van der Waals surface area contributed by atoms with Gasteiger partial charge in [-0.1, -0.05) is 26.8 Å². The molecule has 0 spiro atoms. The summed E-state index contributed by atoms with van der Waals surface area (Å²) in [5, 5.41) is 6.70. The molecule has 2 nitrogen and oxygen atoms in total. The van der Waals surface area contributed by atoms with Crippen LogP contribution in [0.4, 0.5) is 5.69 Å². The van der Waals surface area contributed by atoms with Crippen LogP contribution >= 0.6 is 27.3 Å². The number of hydrogen-bond acceptors (Lipinski definition) is 3. The maximum atomic E-state index is 4.68. The van der Waals surface area contributed by atoms with Gasteiger partial charge in [0.15, 0.2) is 0 Å². The molecule has 0 atom stereocenters. The lowest BCUT2D eigenvalue weighted by Crippen LogP contribution is -2.11. The highest BCUT2D eigenvalue weighted by Crippen LogP contribution is 2.26. The van der Waals surface area contributed by atoms with E-state index in [1.54, 1.807) is 11.3 Å². The highest BCUT2D eigenvalue weighted by molar-refractivity contribution is 9.10. The third-order valence-corrected chi connectivity index (χ3v) is 4.38. The van der Waals surface area contributed by atoms with Crippen LogP contribution < -0.4 is 5.32 Å². The van der Waals surface area contributed by atoms with E-state index in [1.807, 2.05) is 0 Å². The van der Waals surface area contributed by atoms with Gasteiger partial charge in [-0.05, 0) is 40.5 Å². The number of nitrogens with zero attached hydrogens (tertiary/aromatic N) is 1. The molecule has 0 fully saturated rings. The smallest absolute Gasteiger partial charge is 0.112 e. The lowest BCUT2D eigenvalue weighted by molar-refractivity contribution is 0.571. The molecule has 1 heterocycles. The number of aromatic nitrogens is 1. The van der Waals surface area contributed by atoms with Crippen molar-refractivity contribution in [3.05, 3.63) is 44.3 Å². The Balaban J connectivity index is 2.04. The van der Waals surface area contributed by atoms with Gasteiger partial charge in [0.25, 0.3) is 0 Å². The molecule has 1 aromatic heterocycles. The summed E-state index contributed by atoms with van der Waals surface area (Å²) in [6, 6.07) is 6.32. The molecule has 0 aliphatic carbocycles. The topological polar surface area (TPSA) is 24.9 Å². The molecule has 4 heteroatoms. The summed E-state index contributed by atoms with van der Waals surface area (Å²) < 4.78 is 1.10. The first kappa shape index (κ1) is 14.5. The molecule has 0 saturated carbocycles. The molecule has 0 saturated heterocycles. The molecule has 1 N–H and O–H groups in total. The molecular weight excluding hydrogens is 320 g/mol. The number of thiazole rings is 1. The lowest BCUT2D eigenvalue weighted by Gasteiger charge is -2.14. The van der Waals surface area contributed by atoms with E-state index in [0.29, 0.717) is 0 Å². The SMILES string of the molecule is Cc1ccc(NCc2nc(C(C)(C)C)cs2)c(Br)c1. The predicted octanol–water partition coefficient (Wildman–Crippen LogP) is 5.12. The Labute approximate surface area is 127 Å². The highest BCUT2D eigenvalue weighted by Gasteiger charge is 2.17. The normalized spacial score (nSPS) is 11.6. The third kappa shape index (κ3) is 3.80. The molecule has 0 aliphatic rings. The number of aryl methyl sites for hydroxylation is 1. The van der Waals surface area contributed by atoms with E-state index in [9.17, 15) is 0 Å². The zero-order valence-electron chi connectivity index (χ0n) is 11.7. The van der Waals surface area contributed by atoms with Crippen molar-refractivity contribution in [3.63, 3.8) is 0 Å². The van der Waals surface area contributed by atoms with Gasteiger partial charge in [0.05, 0.1) is 12.2 Å². The molecule has 0 amide bonds. The van der Waals surface area contributed by atoms with E-state index in [4.69, 9.17) is 0 Å². The summed E-state index contributed by atoms with van der Waals surface area (Å²) in [6.07, 6.45) is 0. The zero-order valence-corrected chi connectivity index (χ0v) is 14.2. The summed E-state index contributed by atoms with van der Waals surface area (Å²) in [7, 11) is 0. The van der Waals surface area contributed by atoms with Crippen LogP contribution in [0.25, 0.3) is 0 Å². The molecule has 2 rings (SSSR count). The quantitative estimate of drug-likeness (QED) is 0.839. The molecule has 0 unspecified atom stereocenters. The summed E-state index contributed by atoms with van der Waals surface area (Å²) >= 11 is 5.29. The number of nitrogens with one attached hydrogen (secondary N) is 1.